The first kappa shape index (κ1) is 14.2. The summed E-state index contributed by atoms with van der Waals surface area (Å²) in [6.07, 6.45) is 0.0907. The molecule has 0 saturated carbocycles. The summed E-state index contributed by atoms with van der Waals surface area (Å²) in [6, 6.07) is 0. The molecule has 0 unspecified atom stereocenters. The van der Waals surface area contributed by atoms with Gasteiger partial charge in [0.15, 0.2) is 0 Å². The van der Waals surface area contributed by atoms with Crippen LogP contribution in [0, 0.1) is 0 Å². The maximum absolute atomic E-state index is 10.0. The molecular weight excluding hydrogens is 182 g/mol. The second kappa shape index (κ2) is 8.77. The lowest BCUT2D eigenvalue weighted by Crippen LogP contribution is -2.18. The van der Waals surface area contributed by atoms with Crippen LogP contribution in [0.1, 0.15) is 6.42 Å². The normalized spacial score (nSPS) is 9.58. The molecule has 0 atom stereocenters. The van der Waals surface area contributed by atoms with Crippen LogP contribution in [0.15, 0.2) is 0 Å². The fraction of sp³-hybridized carbons (Fsp3) is 0.857. The molecule has 0 aromatic carbocycles. The fourth-order valence-electron chi connectivity index (χ4n) is 0.509. The van der Waals surface area contributed by atoms with Gasteiger partial charge in [0, 0.05) is 6.54 Å². The van der Waals surface area contributed by atoms with Crippen molar-refractivity contribution >= 4 is 18.4 Å². The number of carboxylic acids is 1. The number of ether oxygens (including phenoxy) is 1. The number of halogens is 1. The van der Waals surface area contributed by atoms with Gasteiger partial charge >= 0.3 is 5.97 Å². The third kappa shape index (κ3) is 12.4. The Bertz CT molecular complexity index is 119. The molecule has 0 heterocycles. The van der Waals surface area contributed by atoms with E-state index < -0.39 is 5.97 Å². The molecule has 4 nitrogen and oxygen atoms in total. The van der Waals surface area contributed by atoms with Crippen molar-refractivity contribution < 1.29 is 14.6 Å². The van der Waals surface area contributed by atoms with Gasteiger partial charge in [0.05, 0.1) is 19.6 Å². The summed E-state index contributed by atoms with van der Waals surface area (Å²) in [5, 5.41) is 8.23. The topological polar surface area (TPSA) is 49.8 Å². The minimum Gasteiger partial charge on any atom is -0.481 e. The quantitative estimate of drug-likeness (QED) is 0.629. The zero-order chi connectivity index (χ0) is 8.69. The van der Waals surface area contributed by atoms with Gasteiger partial charge in [-0.15, -0.1) is 12.4 Å². The van der Waals surface area contributed by atoms with Gasteiger partial charge in [0.25, 0.3) is 0 Å². The fourth-order valence-corrected chi connectivity index (χ4v) is 0.509. The molecule has 0 aromatic heterocycles. The Balaban J connectivity index is 0. The highest BCUT2D eigenvalue weighted by Gasteiger charge is 1.95. The van der Waals surface area contributed by atoms with Gasteiger partial charge in [0.1, 0.15) is 0 Å². The van der Waals surface area contributed by atoms with Crippen LogP contribution in [0.25, 0.3) is 0 Å². The minimum atomic E-state index is -0.810. The number of nitrogens with zero attached hydrogens (tertiary/aromatic N) is 1. The van der Waals surface area contributed by atoms with Crippen molar-refractivity contribution in [2.75, 3.05) is 33.9 Å². The van der Waals surface area contributed by atoms with Gasteiger partial charge < -0.3 is 14.7 Å². The average molecular weight is 198 g/mol. The van der Waals surface area contributed by atoms with E-state index in [1.54, 1.807) is 0 Å². The van der Waals surface area contributed by atoms with Gasteiger partial charge in [-0.3, -0.25) is 4.79 Å². The van der Waals surface area contributed by atoms with Crippen LogP contribution in [-0.2, 0) is 9.53 Å². The first-order valence-electron chi connectivity index (χ1n) is 3.57. The van der Waals surface area contributed by atoms with Gasteiger partial charge in [-0.2, -0.15) is 0 Å². The van der Waals surface area contributed by atoms with Gasteiger partial charge in [-0.05, 0) is 14.1 Å². The van der Waals surface area contributed by atoms with Crippen LogP contribution in [-0.4, -0.2) is 49.8 Å². The molecule has 0 amide bonds. The van der Waals surface area contributed by atoms with E-state index in [9.17, 15) is 4.79 Å². The van der Waals surface area contributed by atoms with Crippen LogP contribution in [0.4, 0.5) is 0 Å². The van der Waals surface area contributed by atoms with E-state index in [1.807, 2.05) is 19.0 Å². The van der Waals surface area contributed by atoms with Crippen LogP contribution in [0.5, 0.6) is 0 Å². The second-order valence-corrected chi connectivity index (χ2v) is 2.56. The van der Waals surface area contributed by atoms with Crippen molar-refractivity contribution in [3.05, 3.63) is 0 Å². The number of carboxylic acid groups (broad SMARTS) is 1. The molecule has 0 saturated heterocycles. The number of aliphatic carboxylic acids is 1. The van der Waals surface area contributed by atoms with Crippen molar-refractivity contribution in [3.63, 3.8) is 0 Å². The van der Waals surface area contributed by atoms with Gasteiger partial charge in [0.2, 0.25) is 0 Å². The van der Waals surface area contributed by atoms with Crippen molar-refractivity contribution in [1.82, 2.24) is 4.90 Å². The van der Waals surface area contributed by atoms with Gasteiger partial charge in [-0.25, -0.2) is 0 Å². The molecule has 1 N–H and O–H groups in total. The number of hydrogen-bond donors (Lipinski definition) is 1. The zero-order valence-corrected chi connectivity index (χ0v) is 8.26. The standard InChI is InChI=1S/C7H15NO3.ClH/c1-8(2)4-6-11-5-3-7(9)10;/h3-6H2,1-2H3,(H,9,10);1H. The summed E-state index contributed by atoms with van der Waals surface area (Å²) in [5.41, 5.74) is 0. The van der Waals surface area contributed by atoms with E-state index in [2.05, 4.69) is 0 Å². The largest absolute Gasteiger partial charge is 0.481 e. The van der Waals surface area contributed by atoms with Crippen LogP contribution in [0.3, 0.4) is 0 Å². The molecular formula is C7H16ClNO3. The third-order valence-corrected chi connectivity index (χ3v) is 1.14. The molecule has 0 aliphatic carbocycles. The molecule has 12 heavy (non-hydrogen) atoms. The monoisotopic (exact) mass is 197 g/mol. The number of hydrogen-bond acceptors (Lipinski definition) is 3. The summed E-state index contributed by atoms with van der Waals surface area (Å²) in [7, 11) is 3.89. The summed E-state index contributed by atoms with van der Waals surface area (Å²) < 4.78 is 5.03. The number of rotatable bonds is 6. The third-order valence-electron chi connectivity index (χ3n) is 1.14. The molecule has 0 fully saturated rings. The van der Waals surface area contributed by atoms with E-state index in [-0.39, 0.29) is 18.8 Å². The second-order valence-electron chi connectivity index (χ2n) is 2.56. The smallest absolute Gasteiger partial charge is 0.305 e. The first-order chi connectivity index (χ1) is 5.13. The lowest BCUT2D eigenvalue weighted by molar-refractivity contribution is -0.138. The molecule has 74 valence electrons. The Kier molecular flexibility index (Phi) is 10.4. The summed E-state index contributed by atoms with van der Waals surface area (Å²) in [4.78, 5) is 12.0. The molecule has 0 aliphatic rings. The Morgan fingerprint density at radius 2 is 2.00 bits per heavy atom. The summed E-state index contributed by atoms with van der Waals surface area (Å²) in [5.74, 6) is -0.810. The maximum atomic E-state index is 10.0. The summed E-state index contributed by atoms with van der Waals surface area (Å²) in [6.45, 7) is 1.74. The molecule has 0 bridgehead atoms. The van der Waals surface area contributed by atoms with E-state index in [1.165, 1.54) is 0 Å². The first-order valence-corrected chi connectivity index (χ1v) is 3.57. The van der Waals surface area contributed by atoms with E-state index in [4.69, 9.17) is 9.84 Å². The Hall–Kier alpha value is -0.320. The number of likely N-dealkylation sites (N-methyl/N-ethyl adjacent to an activating group) is 1. The highest BCUT2D eigenvalue weighted by Crippen LogP contribution is 1.83. The predicted molar refractivity (Wildman–Crippen MR) is 48.9 cm³/mol. The average Bonchev–Trinajstić information content (AvgIpc) is 1.85. The molecule has 0 spiro atoms. The molecule has 0 rings (SSSR count). The van der Waals surface area contributed by atoms with Crippen molar-refractivity contribution in [2.24, 2.45) is 0 Å². The minimum absolute atomic E-state index is 0. The van der Waals surface area contributed by atoms with Crippen molar-refractivity contribution in [1.29, 1.82) is 0 Å². The maximum Gasteiger partial charge on any atom is 0.305 e. The lowest BCUT2D eigenvalue weighted by Gasteiger charge is -2.08. The van der Waals surface area contributed by atoms with E-state index in [0.717, 1.165) is 6.54 Å². The van der Waals surface area contributed by atoms with Crippen LogP contribution < -0.4 is 0 Å². The lowest BCUT2D eigenvalue weighted by atomic mass is 10.5. The molecule has 0 aromatic rings. The van der Waals surface area contributed by atoms with Crippen LogP contribution in [0.2, 0.25) is 0 Å². The molecule has 5 heteroatoms. The highest BCUT2D eigenvalue weighted by atomic mass is 35.5. The van der Waals surface area contributed by atoms with Crippen molar-refractivity contribution in [3.8, 4) is 0 Å². The molecule has 0 aliphatic heterocycles. The van der Waals surface area contributed by atoms with Crippen molar-refractivity contribution in [2.45, 2.75) is 6.42 Å². The number of carbonyl (C=O) groups is 1. The Labute approximate surface area is 78.9 Å². The predicted octanol–water partition coefficient (Wildman–Crippen LogP) is 0.461. The Morgan fingerprint density at radius 3 is 2.42 bits per heavy atom. The van der Waals surface area contributed by atoms with Gasteiger partial charge in [-0.1, -0.05) is 0 Å². The Morgan fingerprint density at radius 1 is 1.42 bits per heavy atom. The van der Waals surface area contributed by atoms with E-state index >= 15 is 0 Å². The SMILES string of the molecule is CN(C)CCOCCC(=O)O.Cl. The summed E-state index contributed by atoms with van der Waals surface area (Å²) >= 11 is 0. The molecule has 0 radical (unpaired) electrons. The van der Waals surface area contributed by atoms with Crippen LogP contribution >= 0.6 is 12.4 Å². The zero-order valence-electron chi connectivity index (χ0n) is 7.45. The van der Waals surface area contributed by atoms with E-state index in [0.29, 0.717) is 13.2 Å². The highest BCUT2D eigenvalue weighted by molar-refractivity contribution is 5.85.